The molecule has 13 heteroatoms. The molecule has 0 N–H and O–H groups in total. The number of hydrogen-bond acceptors (Lipinski definition) is 8. The summed E-state index contributed by atoms with van der Waals surface area (Å²) in [6, 6.07) is 0. The van der Waals surface area contributed by atoms with Gasteiger partial charge in [-0.3, -0.25) is 0 Å². The summed E-state index contributed by atoms with van der Waals surface area (Å²) in [6.07, 6.45) is 0. The average Bonchev–Trinajstić information content (AvgIpc) is 1.12. The maximum Gasteiger partial charge on any atom is 5.00 e. The fraction of sp³-hybridized carbons (Fsp3) is 0. The molecule has 0 spiro atoms. The molecule has 0 aliphatic carbocycles. The Labute approximate surface area is 120 Å². The van der Waals surface area contributed by atoms with E-state index in [1.807, 2.05) is 0 Å². The van der Waals surface area contributed by atoms with Crippen molar-refractivity contribution in [2.45, 2.75) is 0 Å². The van der Waals surface area contributed by atoms with Crippen LogP contribution in [0.4, 0.5) is 0 Å². The molecule has 0 bridgehead atoms. The van der Waals surface area contributed by atoms with E-state index < -0.39 is 18.1 Å². The van der Waals surface area contributed by atoms with Crippen LogP contribution in [-0.2, 0) is 35.6 Å². The second-order valence-corrected chi connectivity index (χ2v) is 3.00. The van der Waals surface area contributed by atoms with Crippen molar-refractivity contribution < 1.29 is 104 Å². The number of hydrogen-bond donors (Lipinski definition) is 0. The first-order valence-electron chi connectivity index (χ1n) is 1.63. The van der Waals surface area contributed by atoms with Crippen LogP contribution >= 0.6 is 0 Å². The van der Waals surface area contributed by atoms with E-state index in [-0.39, 0.29) is 65.2 Å². The monoisotopic (exact) mass is 321 g/mol. The van der Waals surface area contributed by atoms with Crippen LogP contribution in [0.5, 0.6) is 0 Å². The molecule has 8 nitrogen and oxygen atoms in total. The SMILES string of the molecule is [Cu+2].[Na+].[O-][Si]([O-])([O-])[O-].[O-][Si]([O-])([O-])[O-].[V+5]. The van der Waals surface area contributed by atoms with E-state index >= 15 is 0 Å². The van der Waals surface area contributed by atoms with Crippen LogP contribution in [0, 0.1) is 0 Å². The van der Waals surface area contributed by atoms with E-state index in [4.69, 9.17) is 38.4 Å². The Balaban J connectivity index is -0.0000000267. The Hall–Kier alpha value is 2.22. The Morgan fingerprint density at radius 2 is 0.538 bits per heavy atom. The van der Waals surface area contributed by atoms with Gasteiger partial charge in [0.15, 0.2) is 0 Å². The first-order valence-corrected chi connectivity index (χ1v) is 4.90. The molecule has 0 heterocycles. The van der Waals surface area contributed by atoms with Gasteiger partial charge in [0.2, 0.25) is 0 Å². The first kappa shape index (κ1) is 29.5. The molecular formula is CuNaO8Si2V. The summed E-state index contributed by atoms with van der Waals surface area (Å²) in [5.41, 5.74) is 0. The van der Waals surface area contributed by atoms with Gasteiger partial charge in [-0.25, -0.2) is 0 Å². The third-order valence-electron chi connectivity index (χ3n) is 0. The van der Waals surface area contributed by atoms with Crippen molar-refractivity contribution in [3.05, 3.63) is 0 Å². The maximum absolute atomic E-state index is 8.58. The van der Waals surface area contributed by atoms with Crippen LogP contribution in [0.3, 0.4) is 0 Å². The summed E-state index contributed by atoms with van der Waals surface area (Å²) >= 11 is 0. The van der Waals surface area contributed by atoms with Crippen LogP contribution in [0.25, 0.3) is 0 Å². The molecule has 0 aliphatic rings. The molecule has 0 fully saturated rings. The van der Waals surface area contributed by atoms with Crippen molar-refractivity contribution in [3.8, 4) is 0 Å². The van der Waals surface area contributed by atoms with Crippen LogP contribution in [0.15, 0.2) is 0 Å². The van der Waals surface area contributed by atoms with Gasteiger partial charge >= 0.3 is 65.2 Å². The molecule has 0 amide bonds. The summed E-state index contributed by atoms with van der Waals surface area (Å²) in [5.74, 6) is 0. The maximum atomic E-state index is 8.58. The summed E-state index contributed by atoms with van der Waals surface area (Å²) < 4.78 is 0. The van der Waals surface area contributed by atoms with E-state index in [1.54, 1.807) is 0 Å². The molecule has 0 aromatic rings. The normalized spacial score (nSPS) is 9.23. The van der Waals surface area contributed by atoms with Gasteiger partial charge in [0.1, 0.15) is 0 Å². The molecule has 0 atom stereocenters. The van der Waals surface area contributed by atoms with Gasteiger partial charge in [-0.1, -0.05) is 0 Å². The molecular weight excluding hydrogens is 322 g/mol. The largest absolute Gasteiger partial charge is 5.00 e. The van der Waals surface area contributed by atoms with Gasteiger partial charge in [-0.05, 0) is 0 Å². The molecule has 0 aromatic heterocycles. The van der Waals surface area contributed by atoms with Crippen molar-refractivity contribution in [2.75, 3.05) is 0 Å². The molecule has 0 aromatic carbocycles. The molecule has 0 rings (SSSR count). The predicted octanol–water partition coefficient (Wildman–Crippen LogP) is -13.3. The Morgan fingerprint density at radius 3 is 0.538 bits per heavy atom. The third kappa shape index (κ3) is 432. The van der Waals surface area contributed by atoms with Crippen LogP contribution < -0.4 is 67.9 Å². The zero-order valence-corrected chi connectivity index (χ0v) is 12.4. The van der Waals surface area contributed by atoms with E-state index in [2.05, 4.69) is 0 Å². The fourth-order valence-electron chi connectivity index (χ4n) is 0. The molecule has 0 unspecified atom stereocenters. The molecule has 13 heavy (non-hydrogen) atoms. The topological polar surface area (TPSA) is 184 Å². The van der Waals surface area contributed by atoms with Gasteiger partial charge in [-0.2, -0.15) is 0 Å². The quantitative estimate of drug-likeness (QED) is 0.393. The van der Waals surface area contributed by atoms with Crippen LogP contribution in [-0.4, -0.2) is 18.1 Å². The molecule has 73 valence electrons. The molecule has 0 saturated heterocycles. The van der Waals surface area contributed by atoms with Crippen LogP contribution in [0.1, 0.15) is 0 Å². The van der Waals surface area contributed by atoms with Crippen molar-refractivity contribution in [3.63, 3.8) is 0 Å². The average molecular weight is 322 g/mol. The van der Waals surface area contributed by atoms with Crippen molar-refractivity contribution in [1.29, 1.82) is 0 Å². The van der Waals surface area contributed by atoms with Gasteiger partial charge in [-0.15, -0.1) is 0 Å². The third-order valence-corrected chi connectivity index (χ3v) is 0. The zero-order chi connectivity index (χ0) is 9.00. The van der Waals surface area contributed by atoms with Gasteiger partial charge in [0.05, 0.1) is 0 Å². The second kappa shape index (κ2) is 12.3. The fourth-order valence-corrected chi connectivity index (χ4v) is 0. The minimum Gasteiger partial charge on any atom is -0.894 e. The zero-order valence-electron chi connectivity index (χ0n) is 6.01. The number of rotatable bonds is 0. The summed E-state index contributed by atoms with van der Waals surface area (Å²) in [6.45, 7) is 0. The van der Waals surface area contributed by atoms with E-state index in [0.29, 0.717) is 0 Å². The van der Waals surface area contributed by atoms with Gasteiger partial charge in [0, 0.05) is 0 Å². The first-order chi connectivity index (χ1) is 4.00. The van der Waals surface area contributed by atoms with E-state index in [0.717, 1.165) is 0 Å². The summed E-state index contributed by atoms with van der Waals surface area (Å²) in [5, 5.41) is 0. The van der Waals surface area contributed by atoms with Crippen LogP contribution in [0.2, 0.25) is 0 Å². The van der Waals surface area contributed by atoms with Crippen molar-refractivity contribution >= 4 is 18.1 Å². The van der Waals surface area contributed by atoms with E-state index in [9.17, 15) is 0 Å². The predicted molar refractivity (Wildman–Crippen MR) is 11.5 cm³/mol. The van der Waals surface area contributed by atoms with Crippen molar-refractivity contribution in [1.82, 2.24) is 0 Å². The Morgan fingerprint density at radius 1 is 0.538 bits per heavy atom. The minimum atomic E-state index is -5.61. The smallest absolute Gasteiger partial charge is 0.894 e. The van der Waals surface area contributed by atoms with Gasteiger partial charge in [0.25, 0.3) is 0 Å². The van der Waals surface area contributed by atoms with Gasteiger partial charge < -0.3 is 56.5 Å². The molecule has 0 aliphatic heterocycles. The molecule has 1 radical (unpaired) electrons. The summed E-state index contributed by atoms with van der Waals surface area (Å²) in [7, 11) is -11.2. The minimum absolute atomic E-state index is 0. The Kier molecular flexibility index (Phi) is 27.9. The Bertz CT molecular complexity index is 65.1. The summed E-state index contributed by atoms with van der Waals surface area (Å²) in [4.78, 5) is 68.6. The standard InChI is InChI=1S/Cu.Na.2O4Si.V/c;;2*1-5(2,3)4;/q+2;+1;2*-4;+5. The van der Waals surface area contributed by atoms with Crippen molar-refractivity contribution in [2.24, 2.45) is 0 Å². The molecule has 0 saturated carbocycles. The second-order valence-electron chi connectivity index (χ2n) is 1.00. The van der Waals surface area contributed by atoms with E-state index in [1.165, 1.54) is 0 Å².